The van der Waals surface area contributed by atoms with Crippen molar-refractivity contribution in [1.82, 2.24) is 0 Å². The number of methoxy groups -OCH3 is 4. The molecule has 9 nitrogen and oxygen atoms in total. The number of para-hydroxylation sites is 1. The summed E-state index contributed by atoms with van der Waals surface area (Å²) in [7, 11) is 6.16. The molecule has 3 aromatic carbocycles. The molecule has 1 N–H and O–H groups in total. The Balaban J connectivity index is 1.89. The number of amides is 1. The molecule has 3 rings (SSSR count). The van der Waals surface area contributed by atoms with Gasteiger partial charge in [0.25, 0.3) is 5.69 Å². The lowest BCUT2D eigenvalue weighted by Gasteiger charge is -2.13. The fourth-order valence-electron chi connectivity index (χ4n) is 3.44. The van der Waals surface area contributed by atoms with Crippen molar-refractivity contribution in [3.63, 3.8) is 0 Å². The number of carbonyl (C=O) groups is 1. The number of rotatable bonds is 10. The monoisotopic (exact) mass is 490 g/mol. The second-order valence-electron chi connectivity index (χ2n) is 7.38. The van der Waals surface area contributed by atoms with Crippen molar-refractivity contribution in [3.05, 3.63) is 87.5 Å². The van der Waals surface area contributed by atoms with Crippen LogP contribution >= 0.6 is 0 Å². The Bertz CT molecular complexity index is 1290. The van der Waals surface area contributed by atoms with Crippen LogP contribution in [0.1, 0.15) is 16.7 Å². The van der Waals surface area contributed by atoms with Crippen LogP contribution in [0, 0.1) is 10.1 Å². The molecule has 0 radical (unpaired) electrons. The number of nitro benzene ring substituents is 1. The Kier molecular flexibility index (Phi) is 8.66. The van der Waals surface area contributed by atoms with Crippen LogP contribution in [0.25, 0.3) is 18.2 Å². The number of nitrogens with zero attached hydrogens (tertiary/aromatic N) is 1. The Morgan fingerprint density at radius 2 is 1.53 bits per heavy atom. The van der Waals surface area contributed by atoms with Crippen LogP contribution in [0.3, 0.4) is 0 Å². The minimum Gasteiger partial charge on any atom is -0.497 e. The molecule has 0 aliphatic carbocycles. The van der Waals surface area contributed by atoms with E-state index >= 15 is 0 Å². The Morgan fingerprint density at radius 3 is 2.14 bits per heavy atom. The molecule has 0 aliphatic heterocycles. The van der Waals surface area contributed by atoms with Crippen LogP contribution in [0.15, 0.2) is 60.7 Å². The molecule has 186 valence electrons. The smallest absolute Gasteiger partial charge is 0.276 e. The van der Waals surface area contributed by atoms with E-state index in [0.717, 1.165) is 5.56 Å². The van der Waals surface area contributed by atoms with Gasteiger partial charge in [-0.05, 0) is 48.0 Å². The Hall–Kier alpha value is -4.79. The predicted molar refractivity (Wildman–Crippen MR) is 139 cm³/mol. The number of hydrogen-bond acceptors (Lipinski definition) is 7. The molecule has 0 unspecified atom stereocenters. The molecule has 0 saturated heterocycles. The topological polar surface area (TPSA) is 109 Å². The van der Waals surface area contributed by atoms with Crippen molar-refractivity contribution in [2.45, 2.75) is 0 Å². The fraction of sp³-hybridized carbons (Fsp3) is 0.148. The SMILES string of the molecule is COc1ccc(NC(=O)/C=C/c2ccccc2[N+](=O)[O-])c(C=Cc2cc(OC)c(OC)c(OC)c2)c1. The van der Waals surface area contributed by atoms with Crippen LogP contribution in [-0.4, -0.2) is 39.3 Å². The van der Waals surface area contributed by atoms with Gasteiger partial charge in [0.15, 0.2) is 11.5 Å². The van der Waals surface area contributed by atoms with Gasteiger partial charge in [-0.2, -0.15) is 0 Å². The molecular weight excluding hydrogens is 464 g/mol. The normalized spacial score (nSPS) is 10.9. The molecule has 0 bridgehead atoms. The maximum absolute atomic E-state index is 12.6. The van der Waals surface area contributed by atoms with Gasteiger partial charge in [0, 0.05) is 23.4 Å². The molecule has 0 heterocycles. The largest absolute Gasteiger partial charge is 0.497 e. The van der Waals surface area contributed by atoms with Gasteiger partial charge in [0.1, 0.15) is 5.75 Å². The van der Waals surface area contributed by atoms with E-state index in [-0.39, 0.29) is 5.69 Å². The van der Waals surface area contributed by atoms with E-state index < -0.39 is 10.8 Å². The predicted octanol–water partition coefficient (Wildman–Crippen LogP) is 5.45. The van der Waals surface area contributed by atoms with E-state index in [1.807, 2.05) is 12.2 Å². The second-order valence-corrected chi connectivity index (χ2v) is 7.38. The average molecular weight is 491 g/mol. The highest BCUT2D eigenvalue weighted by Gasteiger charge is 2.13. The van der Waals surface area contributed by atoms with Crippen molar-refractivity contribution in [2.24, 2.45) is 0 Å². The third kappa shape index (κ3) is 6.20. The molecule has 1 amide bonds. The number of anilines is 1. The number of carbonyl (C=O) groups excluding carboxylic acids is 1. The van der Waals surface area contributed by atoms with Gasteiger partial charge in [-0.3, -0.25) is 14.9 Å². The zero-order valence-corrected chi connectivity index (χ0v) is 20.3. The lowest BCUT2D eigenvalue weighted by atomic mass is 10.1. The van der Waals surface area contributed by atoms with Crippen LogP contribution in [0.4, 0.5) is 11.4 Å². The minimum atomic E-state index is -0.493. The first-order valence-electron chi connectivity index (χ1n) is 10.8. The first kappa shape index (κ1) is 25.8. The van der Waals surface area contributed by atoms with Crippen LogP contribution in [0.5, 0.6) is 23.0 Å². The van der Waals surface area contributed by atoms with E-state index in [2.05, 4.69) is 5.32 Å². The molecule has 36 heavy (non-hydrogen) atoms. The van der Waals surface area contributed by atoms with Crippen molar-refractivity contribution in [3.8, 4) is 23.0 Å². The number of ether oxygens (including phenoxy) is 4. The Morgan fingerprint density at radius 1 is 0.833 bits per heavy atom. The molecule has 0 atom stereocenters. The summed E-state index contributed by atoms with van der Waals surface area (Å²) in [4.78, 5) is 23.3. The molecule has 3 aromatic rings. The van der Waals surface area contributed by atoms with Crippen molar-refractivity contribution in [1.29, 1.82) is 0 Å². The lowest BCUT2D eigenvalue weighted by Crippen LogP contribution is -2.09. The average Bonchev–Trinajstić information content (AvgIpc) is 2.90. The summed E-state index contributed by atoms with van der Waals surface area (Å²) >= 11 is 0. The van der Waals surface area contributed by atoms with Gasteiger partial charge >= 0.3 is 0 Å². The zero-order chi connectivity index (χ0) is 26.1. The summed E-state index contributed by atoms with van der Waals surface area (Å²) < 4.78 is 21.5. The highest BCUT2D eigenvalue weighted by atomic mass is 16.6. The van der Waals surface area contributed by atoms with Gasteiger partial charge < -0.3 is 24.3 Å². The van der Waals surface area contributed by atoms with Crippen molar-refractivity contribution < 1.29 is 28.7 Å². The molecule has 0 aliphatic rings. The van der Waals surface area contributed by atoms with E-state index in [0.29, 0.717) is 39.8 Å². The summed E-state index contributed by atoms with van der Waals surface area (Å²) in [5, 5.41) is 14.0. The molecule has 9 heteroatoms. The quantitative estimate of drug-likeness (QED) is 0.174. The maximum Gasteiger partial charge on any atom is 0.276 e. The number of benzene rings is 3. The van der Waals surface area contributed by atoms with Gasteiger partial charge in [-0.15, -0.1) is 0 Å². The third-order valence-electron chi connectivity index (χ3n) is 5.21. The number of nitrogens with one attached hydrogen (secondary N) is 1. The minimum absolute atomic E-state index is 0.0834. The van der Waals surface area contributed by atoms with Crippen LogP contribution in [-0.2, 0) is 4.79 Å². The van der Waals surface area contributed by atoms with Gasteiger partial charge in [-0.1, -0.05) is 24.3 Å². The van der Waals surface area contributed by atoms with Crippen molar-refractivity contribution in [2.75, 3.05) is 33.8 Å². The zero-order valence-electron chi connectivity index (χ0n) is 20.3. The third-order valence-corrected chi connectivity index (χ3v) is 5.21. The molecular formula is C27H26N2O7. The summed E-state index contributed by atoms with van der Waals surface area (Å²) in [5.41, 5.74) is 2.22. The van der Waals surface area contributed by atoms with Crippen LogP contribution < -0.4 is 24.3 Å². The summed E-state index contributed by atoms with van der Waals surface area (Å²) in [6.07, 6.45) is 6.30. The first-order chi connectivity index (χ1) is 17.4. The van der Waals surface area contributed by atoms with Gasteiger partial charge in [0.05, 0.1) is 38.9 Å². The number of hydrogen-bond donors (Lipinski definition) is 1. The van der Waals surface area contributed by atoms with E-state index in [4.69, 9.17) is 18.9 Å². The summed E-state index contributed by atoms with van der Waals surface area (Å²) in [6.45, 7) is 0. The highest BCUT2D eigenvalue weighted by molar-refractivity contribution is 6.03. The second kappa shape index (κ2) is 12.1. The molecule has 0 saturated carbocycles. The Labute approximate surface area is 208 Å². The van der Waals surface area contributed by atoms with Gasteiger partial charge in [0.2, 0.25) is 11.7 Å². The highest BCUT2D eigenvalue weighted by Crippen LogP contribution is 2.38. The van der Waals surface area contributed by atoms with Gasteiger partial charge in [-0.25, -0.2) is 0 Å². The molecule has 0 fully saturated rings. The fourth-order valence-corrected chi connectivity index (χ4v) is 3.44. The van der Waals surface area contributed by atoms with E-state index in [9.17, 15) is 14.9 Å². The van der Waals surface area contributed by atoms with Crippen LogP contribution in [0.2, 0.25) is 0 Å². The first-order valence-corrected chi connectivity index (χ1v) is 10.8. The maximum atomic E-state index is 12.6. The number of nitro groups is 1. The standard InChI is InChI=1S/C27H26N2O7/c1-33-21-12-13-22(28-26(30)14-11-19-7-5-6-8-23(19)29(31)32)20(17-21)10-9-18-15-24(34-2)27(36-4)25(16-18)35-3/h5-17H,1-4H3,(H,28,30)/b10-9?,14-11+. The lowest BCUT2D eigenvalue weighted by molar-refractivity contribution is -0.385. The van der Waals surface area contributed by atoms with E-state index in [1.165, 1.54) is 39.5 Å². The summed E-state index contributed by atoms with van der Waals surface area (Å²) in [6, 6.07) is 15.0. The molecule has 0 aromatic heterocycles. The summed E-state index contributed by atoms with van der Waals surface area (Å²) in [5.74, 6) is 1.66. The molecule has 0 spiro atoms. The van der Waals surface area contributed by atoms with E-state index in [1.54, 1.807) is 55.6 Å². The van der Waals surface area contributed by atoms with Crippen molar-refractivity contribution >= 4 is 35.5 Å².